The average molecular weight is 510 g/mol. The summed E-state index contributed by atoms with van der Waals surface area (Å²) >= 11 is 0. The predicted octanol–water partition coefficient (Wildman–Crippen LogP) is 3.25. The van der Waals surface area contributed by atoms with E-state index >= 15 is 0 Å². The van der Waals surface area contributed by atoms with E-state index in [0.29, 0.717) is 18.2 Å². The van der Waals surface area contributed by atoms with Crippen LogP contribution in [0.25, 0.3) is 0 Å². The van der Waals surface area contributed by atoms with Crippen molar-refractivity contribution >= 4 is 46.4 Å². The Morgan fingerprint density at radius 2 is 2.11 bits per heavy atom. The molecule has 1 aromatic carbocycles. The summed E-state index contributed by atoms with van der Waals surface area (Å²) in [6.45, 7) is 2.48. The largest absolute Gasteiger partial charge is 0.375 e. The number of hydrogen-bond donors (Lipinski definition) is 2. The van der Waals surface area contributed by atoms with Crippen LogP contribution in [0, 0.1) is 5.82 Å². The Hall–Kier alpha value is -0.900. The minimum absolute atomic E-state index is 0. The van der Waals surface area contributed by atoms with Gasteiger partial charge in [-0.15, -0.1) is 24.0 Å². The Bertz CT molecular complexity index is 657. The van der Waals surface area contributed by atoms with Gasteiger partial charge in [0.1, 0.15) is 5.82 Å². The topological polar surface area (TPSA) is 56.7 Å². The lowest BCUT2D eigenvalue weighted by molar-refractivity contribution is 0.413. The molecule has 1 fully saturated rings. The summed E-state index contributed by atoms with van der Waals surface area (Å²) in [5.41, 5.74) is 1.44. The maximum atomic E-state index is 14.1. The van der Waals surface area contributed by atoms with Crippen molar-refractivity contribution in [1.82, 2.24) is 10.6 Å². The number of hydrogen-bond acceptors (Lipinski definition) is 3. The zero-order valence-corrected chi connectivity index (χ0v) is 19.8. The van der Waals surface area contributed by atoms with Crippen LogP contribution in [0.4, 0.5) is 10.1 Å². The van der Waals surface area contributed by atoms with E-state index in [4.69, 9.17) is 0 Å². The summed E-state index contributed by atoms with van der Waals surface area (Å²) in [5, 5.41) is 6.96. The number of halogens is 2. The van der Waals surface area contributed by atoms with E-state index in [2.05, 4.69) is 15.6 Å². The van der Waals surface area contributed by atoms with Crippen LogP contribution >= 0.6 is 24.0 Å². The second-order valence-corrected chi connectivity index (χ2v) is 8.91. The van der Waals surface area contributed by atoms with Gasteiger partial charge in [0, 0.05) is 55.5 Å². The van der Waals surface area contributed by atoms with Gasteiger partial charge >= 0.3 is 0 Å². The van der Waals surface area contributed by atoms with E-state index in [9.17, 15) is 8.60 Å². The minimum Gasteiger partial charge on any atom is -0.375 e. The molecule has 1 aliphatic carbocycles. The predicted molar refractivity (Wildman–Crippen MR) is 124 cm³/mol. The van der Waals surface area contributed by atoms with Crippen molar-refractivity contribution in [2.24, 2.45) is 4.99 Å². The van der Waals surface area contributed by atoms with Crippen molar-refractivity contribution in [3.05, 3.63) is 29.6 Å². The number of anilines is 1. The van der Waals surface area contributed by atoms with Gasteiger partial charge < -0.3 is 15.5 Å². The molecule has 2 N–H and O–H groups in total. The standard InChI is InChI=1S/C19H31FN4OS.HI/c1-5-26(25)16-8-6-7-15(12-16)23-19(21-2)22-13-14-9-10-18(24(3)4)17(20)11-14;/h9-11,15-16H,5-8,12-13H2,1-4H3,(H2,21,22,23);1H. The molecule has 2 rings (SSSR count). The van der Waals surface area contributed by atoms with E-state index in [1.165, 1.54) is 0 Å². The van der Waals surface area contributed by atoms with Gasteiger partial charge in [0.25, 0.3) is 0 Å². The summed E-state index contributed by atoms with van der Waals surface area (Å²) in [7, 11) is 4.64. The van der Waals surface area contributed by atoms with E-state index in [-0.39, 0.29) is 41.1 Å². The van der Waals surface area contributed by atoms with Gasteiger partial charge in [-0.3, -0.25) is 9.20 Å². The fraction of sp³-hybridized carbons (Fsp3) is 0.632. The van der Waals surface area contributed by atoms with Crippen LogP contribution in [0.2, 0.25) is 0 Å². The van der Waals surface area contributed by atoms with E-state index in [1.54, 1.807) is 24.1 Å². The highest BCUT2D eigenvalue weighted by molar-refractivity contribution is 14.0. The first-order valence-corrected chi connectivity index (χ1v) is 10.6. The fourth-order valence-corrected chi connectivity index (χ4v) is 4.70. The van der Waals surface area contributed by atoms with Crippen molar-refractivity contribution in [2.75, 3.05) is 31.8 Å². The van der Waals surface area contributed by atoms with Crippen LogP contribution in [0.5, 0.6) is 0 Å². The molecule has 0 aromatic heterocycles. The number of guanidine groups is 1. The van der Waals surface area contributed by atoms with Crippen molar-refractivity contribution in [1.29, 1.82) is 0 Å². The quantitative estimate of drug-likeness (QED) is 0.351. The van der Waals surface area contributed by atoms with E-state index < -0.39 is 10.8 Å². The van der Waals surface area contributed by atoms with Crippen molar-refractivity contribution in [2.45, 2.75) is 50.4 Å². The average Bonchev–Trinajstić information content (AvgIpc) is 2.64. The van der Waals surface area contributed by atoms with Crippen LogP contribution in [0.3, 0.4) is 0 Å². The Morgan fingerprint density at radius 1 is 1.37 bits per heavy atom. The van der Waals surface area contributed by atoms with Gasteiger partial charge in [0.05, 0.1) is 5.69 Å². The molecule has 0 amide bonds. The summed E-state index contributed by atoms with van der Waals surface area (Å²) < 4.78 is 26.2. The molecule has 8 heteroatoms. The first-order valence-electron chi connectivity index (χ1n) is 9.24. The first kappa shape index (κ1) is 24.1. The maximum Gasteiger partial charge on any atom is 0.191 e. The molecule has 0 radical (unpaired) electrons. The molecule has 0 bridgehead atoms. The normalized spacial score (nSPS) is 21.1. The zero-order valence-electron chi connectivity index (χ0n) is 16.6. The molecular formula is C19H32FIN4OS. The molecule has 5 nitrogen and oxygen atoms in total. The van der Waals surface area contributed by atoms with Crippen molar-refractivity contribution in [3.8, 4) is 0 Å². The molecule has 0 aliphatic heterocycles. The lowest BCUT2D eigenvalue weighted by atomic mass is 9.95. The molecule has 0 heterocycles. The first-order chi connectivity index (χ1) is 12.4. The molecule has 0 saturated heterocycles. The Balaban J connectivity index is 0.00000364. The molecular weight excluding hydrogens is 478 g/mol. The Morgan fingerprint density at radius 3 is 2.70 bits per heavy atom. The molecule has 1 aliphatic rings. The van der Waals surface area contributed by atoms with Crippen LogP contribution in [-0.2, 0) is 17.3 Å². The van der Waals surface area contributed by atoms with Gasteiger partial charge in [0.15, 0.2) is 5.96 Å². The molecule has 1 saturated carbocycles. The van der Waals surface area contributed by atoms with Gasteiger partial charge in [-0.25, -0.2) is 4.39 Å². The number of benzene rings is 1. The molecule has 0 spiro atoms. The van der Waals surface area contributed by atoms with Gasteiger partial charge in [-0.1, -0.05) is 19.4 Å². The lowest BCUT2D eigenvalue weighted by Gasteiger charge is -2.30. The number of nitrogens with zero attached hydrogens (tertiary/aromatic N) is 2. The fourth-order valence-electron chi connectivity index (χ4n) is 3.35. The van der Waals surface area contributed by atoms with Crippen LogP contribution < -0.4 is 15.5 Å². The van der Waals surface area contributed by atoms with E-state index in [0.717, 1.165) is 37.0 Å². The molecule has 3 unspecified atom stereocenters. The summed E-state index contributed by atoms with van der Waals surface area (Å²) in [6.07, 6.45) is 4.10. The second kappa shape index (κ2) is 11.8. The van der Waals surface area contributed by atoms with Crippen molar-refractivity contribution in [3.63, 3.8) is 0 Å². The highest BCUT2D eigenvalue weighted by atomic mass is 127. The third kappa shape index (κ3) is 7.21. The molecule has 154 valence electrons. The Labute approximate surface area is 182 Å². The summed E-state index contributed by atoms with van der Waals surface area (Å²) in [4.78, 5) is 6.03. The monoisotopic (exact) mass is 510 g/mol. The van der Waals surface area contributed by atoms with Gasteiger partial charge in [-0.2, -0.15) is 0 Å². The van der Waals surface area contributed by atoms with Gasteiger partial charge in [-0.05, 0) is 37.0 Å². The summed E-state index contributed by atoms with van der Waals surface area (Å²) in [6, 6.07) is 5.54. The molecule has 1 aromatic rings. The highest BCUT2D eigenvalue weighted by Gasteiger charge is 2.26. The number of nitrogens with one attached hydrogen (secondary N) is 2. The summed E-state index contributed by atoms with van der Waals surface area (Å²) in [5.74, 6) is 1.20. The lowest BCUT2D eigenvalue weighted by Crippen LogP contribution is -2.46. The maximum absolute atomic E-state index is 14.1. The number of aliphatic imine (C=N–C) groups is 1. The van der Waals surface area contributed by atoms with E-state index in [1.807, 2.05) is 27.1 Å². The van der Waals surface area contributed by atoms with Crippen molar-refractivity contribution < 1.29 is 8.60 Å². The second-order valence-electron chi connectivity index (χ2n) is 6.91. The minimum atomic E-state index is -0.739. The molecule has 3 atom stereocenters. The van der Waals surface area contributed by atoms with Gasteiger partial charge in [0.2, 0.25) is 0 Å². The third-order valence-corrected chi connectivity index (χ3v) is 6.54. The smallest absolute Gasteiger partial charge is 0.191 e. The molecule has 27 heavy (non-hydrogen) atoms. The SMILES string of the molecule is CCS(=O)C1CCCC(NC(=NC)NCc2ccc(N(C)C)c(F)c2)C1.I. The zero-order chi connectivity index (χ0) is 19.1. The Kier molecular flexibility index (Phi) is 10.6. The highest BCUT2D eigenvalue weighted by Crippen LogP contribution is 2.23. The van der Waals surface area contributed by atoms with Crippen LogP contribution in [-0.4, -0.2) is 48.4 Å². The van der Waals surface area contributed by atoms with Crippen LogP contribution in [0.1, 0.15) is 38.2 Å². The third-order valence-electron chi connectivity index (χ3n) is 4.80. The van der Waals surface area contributed by atoms with Crippen LogP contribution in [0.15, 0.2) is 23.2 Å². The number of rotatable bonds is 6.